The first kappa shape index (κ1) is 22.7. The lowest BCUT2D eigenvalue weighted by molar-refractivity contribution is -0.121. The lowest BCUT2D eigenvalue weighted by atomic mass is 10.1. The highest BCUT2D eigenvalue weighted by Crippen LogP contribution is 2.29. The second-order valence-corrected chi connectivity index (χ2v) is 7.96. The van der Waals surface area contributed by atoms with Crippen LogP contribution >= 0.6 is 0 Å². The quantitative estimate of drug-likeness (QED) is 0.573. The molecule has 0 radical (unpaired) electrons. The van der Waals surface area contributed by atoms with E-state index in [9.17, 15) is 13.2 Å². The van der Waals surface area contributed by atoms with Crippen LogP contribution < -0.4 is 19.5 Å². The maximum absolute atomic E-state index is 12.4. The predicted molar refractivity (Wildman–Crippen MR) is 108 cm³/mol. The van der Waals surface area contributed by atoms with Crippen LogP contribution in [0, 0.1) is 0 Å². The summed E-state index contributed by atoms with van der Waals surface area (Å²) in [5.74, 6) is 0.487. The molecule has 1 amide bonds. The Kier molecular flexibility index (Phi) is 8.44. The molecule has 2 N–H and O–H groups in total. The van der Waals surface area contributed by atoms with Gasteiger partial charge in [0.2, 0.25) is 15.9 Å². The zero-order chi connectivity index (χ0) is 21.3. The van der Waals surface area contributed by atoms with Crippen LogP contribution in [0.1, 0.15) is 17.5 Å². The summed E-state index contributed by atoms with van der Waals surface area (Å²) in [4.78, 5) is 12.1. The second-order valence-electron chi connectivity index (χ2n) is 6.19. The molecule has 0 unspecified atom stereocenters. The Hall–Kier alpha value is -2.62. The molecular formula is C20H26N2O6S. The standard InChI is InChI=1S/C20H26N2O6S/c1-26-14-16-6-4-5-15(11-16)13-21-20(23)9-10-22-29(24,25)17-7-8-18(27-2)19(12-17)28-3/h4-8,11-12,22H,9-10,13-14H2,1-3H3,(H,21,23). The number of benzene rings is 2. The Labute approximate surface area is 171 Å². The molecule has 2 rings (SSSR count). The number of nitrogens with one attached hydrogen (secondary N) is 2. The number of hydrogen-bond acceptors (Lipinski definition) is 6. The lowest BCUT2D eigenvalue weighted by Gasteiger charge is -2.11. The molecule has 0 bridgehead atoms. The van der Waals surface area contributed by atoms with E-state index in [0.717, 1.165) is 11.1 Å². The van der Waals surface area contributed by atoms with E-state index in [0.29, 0.717) is 24.7 Å². The molecule has 0 aliphatic heterocycles. The van der Waals surface area contributed by atoms with Gasteiger partial charge in [-0.2, -0.15) is 0 Å². The van der Waals surface area contributed by atoms with Gasteiger partial charge in [0.15, 0.2) is 11.5 Å². The maximum atomic E-state index is 12.4. The number of methoxy groups -OCH3 is 3. The highest BCUT2D eigenvalue weighted by Gasteiger charge is 2.17. The monoisotopic (exact) mass is 422 g/mol. The average molecular weight is 423 g/mol. The SMILES string of the molecule is COCc1cccc(CNC(=O)CCNS(=O)(=O)c2ccc(OC)c(OC)c2)c1. The Morgan fingerprint density at radius 2 is 1.69 bits per heavy atom. The second kappa shape index (κ2) is 10.8. The molecule has 0 aliphatic rings. The van der Waals surface area contributed by atoms with E-state index in [1.807, 2.05) is 24.3 Å². The van der Waals surface area contributed by atoms with Gasteiger partial charge >= 0.3 is 0 Å². The van der Waals surface area contributed by atoms with Crippen molar-refractivity contribution in [3.8, 4) is 11.5 Å². The van der Waals surface area contributed by atoms with Crippen LogP contribution in [0.5, 0.6) is 11.5 Å². The van der Waals surface area contributed by atoms with Crippen molar-refractivity contribution in [1.29, 1.82) is 0 Å². The maximum Gasteiger partial charge on any atom is 0.240 e. The Morgan fingerprint density at radius 3 is 2.38 bits per heavy atom. The van der Waals surface area contributed by atoms with E-state index in [4.69, 9.17) is 14.2 Å². The third-order valence-corrected chi connectivity index (χ3v) is 5.56. The van der Waals surface area contributed by atoms with Gasteiger partial charge in [0.1, 0.15) is 0 Å². The molecule has 29 heavy (non-hydrogen) atoms. The number of amides is 1. The molecule has 0 saturated carbocycles. The minimum atomic E-state index is -3.77. The summed E-state index contributed by atoms with van der Waals surface area (Å²) in [7, 11) is 0.747. The Balaban J connectivity index is 1.85. The molecule has 8 nitrogen and oxygen atoms in total. The number of hydrogen-bond donors (Lipinski definition) is 2. The third kappa shape index (κ3) is 6.74. The van der Waals surface area contributed by atoms with Gasteiger partial charge in [-0.25, -0.2) is 13.1 Å². The number of carbonyl (C=O) groups excluding carboxylic acids is 1. The van der Waals surface area contributed by atoms with Crippen molar-refractivity contribution in [3.05, 3.63) is 53.6 Å². The van der Waals surface area contributed by atoms with Crippen LogP contribution in [-0.4, -0.2) is 42.2 Å². The van der Waals surface area contributed by atoms with Gasteiger partial charge in [0, 0.05) is 32.7 Å². The van der Waals surface area contributed by atoms with Crippen LogP contribution in [0.25, 0.3) is 0 Å². The van der Waals surface area contributed by atoms with Gasteiger partial charge < -0.3 is 19.5 Å². The molecule has 0 spiro atoms. The molecular weight excluding hydrogens is 396 g/mol. The molecule has 2 aromatic rings. The summed E-state index contributed by atoms with van der Waals surface area (Å²) in [5.41, 5.74) is 1.96. The normalized spacial score (nSPS) is 11.1. The molecule has 0 atom stereocenters. The van der Waals surface area contributed by atoms with E-state index >= 15 is 0 Å². The summed E-state index contributed by atoms with van der Waals surface area (Å²) in [6.45, 7) is 0.838. The van der Waals surface area contributed by atoms with Gasteiger partial charge in [0.05, 0.1) is 25.7 Å². The number of ether oxygens (including phenoxy) is 3. The molecule has 158 valence electrons. The Morgan fingerprint density at radius 1 is 0.966 bits per heavy atom. The van der Waals surface area contributed by atoms with Gasteiger partial charge in [-0.3, -0.25) is 4.79 Å². The molecule has 0 heterocycles. The van der Waals surface area contributed by atoms with E-state index < -0.39 is 10.0 Å². The van der Waals surface area contributed by atoms with Crippen LogP contribution in [0.4, 0.5) is 0 Å². The van der Waals surface area contributed by atoms with Crippen molar-refractivity contribution in [2.24, 2.45) is 0 Å². The first-order valence-corrected chi connectivity index (χ1v) is 10.4. The van der Waals surface area contributed by atoms with Crippen molar-refractivity contribution in [3.63, 3.8) is 0 Å². The predicted octanol–water partition coefficient (Wildman–Crippen LogP) is 1.83. The highest BCUT2D eigenvalue weighted by atomic mass is 32.2. The summed E-state index contributed by atoms with van der Waals surface area (Å²) in [6.07, 6.45) is 0.0181. The van der Waals surface area contributed by atoms with E-state index in [1.54, 1.807) is 7.11 Å². The minimum Gasteiger partial charge on any atom is -0.493 e. The van der Waals surface area contributed by atoms with E-state index in [2.05, 4.69) is 10.0 Å². The number of sulfonamides is 1. The highest BCUT2D eigenvalue weighted by molar-refractivity contribution is 7.89. The van der Waals surface area contributed by atoms with Crippen molar-refractivity contribution < 1.29 is 27.4 Å². The number of rotatable bonds is 11. The van der Waals surface area contributed by atoms with Crippen molar-refractivity contribution >= 4 is 15.9 Å². The molecule has 0 fully saturated rings. The van der Waals surface area contributed by atoms with Crippen LogP contribution in [-0.2, 0) is 32.7 Å². The molecule has 0 aromatic heterocycles. The van der Waals surface area contributed by atoms with E-state index in [1.165, 1.54) is 32.4 Å². The van der Waals surface area contributed by atoms with Gasteiger partial charge in [-0.05, 0) is 23.3 Å². The van der Waals surface area contributed by atoms with Crippen molar-refractivity contribution in [2.45, 2.75) is 24.5 Å². The van der Waals surface area contributed by atoms with Gasteiger partial charge in [-0.1, -0.05) is 24.3 Å². The van der Waals surface area contributed by atoms with Gasteiger partial charge in [0.25, 0.3) is 0 Å². The van der Waals surface area contributed by atoms with Crippen molar-refractivity contribution in [1.82, 2.24) is 10.0 Å². The number of carbonyl (C=O) groups is 1. The van der Waals surface area contributed by atoms with Crippen LogP contribution in [0.15, 0.2) is 47.4 Å². The fourth-order valence-electron chi connectivity index (χ4n) is 2.65. The zero-order valence-electron chi connectivity index (χ0n) is 16.7. The fourth-order valence-corrected chi connectivity index (χ4v) is 3.70. The lowest BCUT2D eigenvalue weighted by Crippen LogP contribution is -2.30. The van der Waals surface area contributed by atoms with Gasteiger partial charge in [-0.15, -0.1) is 0 Å². The molecule has 0 saturated heterocycles. The molecule has 0 aliphatic carbocycles. The summed E-state index contributed by atoms with van der Waals surface area (Å²) < 4.78 is 42.5. The average Bonchev–Trinajstić information content (AvgIpc) is 2.72. The fraction of sp³-hybridized carbons (Fsp3) is 0.350. The van der Waals surface area contributed by atoms with Crippen LogP contribution in [0.2, 0.25) is 0 Å². The zero-order valence-corrected chi connectivity index (χ0v) is 17.5. The minimum absolute atomic E-state index is 0.0181. The molecule has 2 aromatic carbocycles. The van der Waals surface area contributed by atoms with Crippen molar-refractivity contribution in [2.75, 3.05) is 27.9 Å². The first-order chi connectivity index (χ1) is 13.9. The summed E-state index contributed by atoms with van der Waals surface area (Å²) >= 11 is 0. The third-order valence-electron chi connectivity index (χ3n) is 4.10. The Bertz CT molecular complexity index is 930. The smallest absolute Gasteiger partial charge is 0.240 e. The first-order valence-electron chi connectivity index (χ1n) is 8.94. The molecule has 9 heteroatoms. The van der Waals surface area contributed by atoms with E-state index in [-0.39, 0.29) is 23.8 Å². The summed E-state index contributed by atoms with van der Waals surface area (Å²) in [6, 6.07) is 12.0. The topological polar surface area (TPSA) is 103 Å². The van der Waals surface area contributed by atoms with Crippen LogP contribution in [0.3, 0.4) is 0 Å². The largest absolute Gasteiger partial charge is 0.493 e. The summed E-state index contributed by atoms with van der Waals surface area (Å²) in [5, 5.41) is 2.78.